The maximum Gasteiger partial charge on any atom is 0.303 e. The van der Waals surface area contributed by atoms with Crippen molar-refractivity contribution in [2.75, 3.05) is 0 Å². The number of hydrogen-bond donors (Lipinski definition) is 3. The van der Waals surface area contributed by atoms with Crippen molar-refractivity contribution in [3.8, 4) is 0 Å². The van der Waals surface area contributed by atoms with Crippen LogP contribution in [0.25, 0.3) is 0 Å². The van der Waals surface area contributed by atoms with Crippen LogP contribution in [0, 0.1) is 0 Å². The number of carbonyl (C=O) groups is 2. The van der Waals surface area contributed by atoms with Crippen LogP contribution in [-0.4, -0.2) is 17.0 Å². The Kier molecular flexibility index (Phi) is 3.63. The van der Waals surface area contributed by atoms with E-state index in [1.54, 1.807) is 30.3 Å². The molecule has 5 heteroatoms. The van der Waals surface area contributed by atoms with Gasteiger partial charge in [-0.3, -0.25) is 9.59 Å². The molecule has 1 aromatic rings. The lowest BCUT2D eigenvalue weighted by molar-refractivity contribution is -0.137. The Morgan fingerprint density at radius 1 is 1.25 bits per heavy atom. The molecule has 0 spiro atoms. The summed E-state index contributed by atoms with van der Waals surface area (Å²) in [5, 5.41) is 8.60. The second kappa shape index (κ2) is 4.76. The zero-order valence-corrected chi connectivity index (χ0v) is 8.72. The van der Waals surface area contributed by atoms with Gasteiger partial charge in [0.2, 0.25) is 5.91 Å². The number of carbonyl (C=O) groups excluding carboxylic acids is 1. The van der Waals surface area contributed by atoms with Crippen LogP contribution >= 0.6 is 0 Å². The molecule has 0 aromatic heterocycles. The summed E-state index contributed by atoms with van der Waals surface area (Å²) < 4.78 is 0. The number of amides is 1. The van der Waals surface area contributed by atoms with Crippen molar-refractivity contribution in [2.24, 2.45) is 11.5 Å². The summed E-state index contributed by atoms with van der Waals surface area (Å²) in [6, 6.07) is 8.54. The predicted octanol–water partition coefficient (Wildman–Crippen LogP) is 0.191. The average Bonchev–Trinajstić information content (AvgIpc) is 2.26. The summed E-state index contributed by atoms with van der Waals surface area (Å²) >= 11 is 0. The zero-order chi connectivity index (χ0) is 12.2. The molecule has 1 rings (SSSR count). The molecule has 0 saturated heterocycles. The number of nitrogens with two attached hydrogens (primary N) is 2. The largest absolute Gasteiger partial charge is 0.481 e. The van der Waals surface area contributed by atoms with Gasteiger partial charge in [0.1, 0.15) is 5.54 Å². The molecule has 0 bridgehead atoms. The van der Waals surface area contributed by atoms with Crippen LogP contribution in [0.1, 0.15) is 18.4 Å². The lowest BCUT2D eigenvalue weighted by atomic mass is 9.86. The first-order valence-corrected chi connectivity index (χ1v) is 4.83. The van der Waals surface area contributed by atoms with Gasteiger partial charge in [0.05, 0.1) is 0 Å². The quantitative estimate of drug-likeness (QED) is 0.661. The van der Waals surface area contributed by atoms with E-state index in [1.807, 2.05) is 0 Å². The Labute approximate surface area is 93.1 Å². The molecule has 5 N–H and O–H groups in total. The van der Waals surface area contributed by atoms with Gasteiger partial charge in [0, 0.05) is 6.42 Å². The molecule has 1 atom stereocenters. The SMILES string of the molecule is NC(=O)C(N)(CCC(=O)O)c1ccccc1. The fraction of sp³-hybridized carbons (Fsp3) is 0.273. The van der Waals surface area contributed by atoms with Gasteiger partial charge in [0.25, 0.3) is 0 Å². The van der Waals surface area contributed by atoms with Crippen LogP contribution in [0.15, 0.2) is 30.3 Å². The second-order valence-corrected chi connectivity index (χ2v) is 3.60. The summed E-state index contributed by atoms with van der Waals surface area (Å²) in [6.45, 7) is 0. The van der Waals surface area contributed by atoms with E-state index in [-0.39, 0.29) is 12.8 Å². The van der Waals surface area contributed by atoms with Crippen LogP contribution in [-0.2, 0) is 15.1 Å². The van der Waals surface area contributed by atoms with E-state index >= 15 is 0 Å². The van der Waals surface area contributed by atoms with Gasteiger partial charge in [-0.15, -0.1) is 0 Å². The van der Waals surface area contributed by atoms with E-state index < -0.39 is 17.4 Å². The van der Waals surface area contributed by atoms with Crippen LogP contribution in [0.2, 0.25) is 0 Å². The third kappa shape index (κ3) is 2.58. The summed E-state index contributed by atoms with van der Waals surface area (Å²) in [7, 11) is 0. The molecule has 0 aliphatic carbocycles. The highest BCUT2D eigenvalue weighted by molar-refractivity contribution is 5.86. The first-order valence-electron chi connectivity index (χ1n) is 4.83. The maximum atomic E-state index is 11.3. The van der Waals surface area contributed by atoms with Crippen molar-refractivity contribution >= 4 is 11.9 Å². The number of rotatable bonds is 5. The standard InChI is InChI=1S/C11H14N2O3/c12-10(16)11(13,7-6-9(14)15)8-4-2-1-3-5-8/h1-5H,6-7,13H2,(H2,12,16)(H,14,15). The van der Waals surface area contributed by atoms with Crippen LogP contribution in [0.5, 0.6) is 0 Å². The topological polar surface area (TPSA) is 106 Å². The van der Waals surface area contributed by atoms with Crippen molar-refractivity contribution < 1.29 is 14.7 Å². The molecule has 0 aliphatic rings. The zero-order valence-electron chi connectivity index (χ0n) is 8.72. The van der Waals surface area contributed by atoms with Gasteiger partial charge in [-0.25, -0.2) is 0 Å². The number of primary amides is 1. The molecule has 1 aromatic carbocycles. The number of carboxylic acid groups (broad SMARTS) is 1. The van der Waals surface area contributed by atoms with Gasteiger partial charge in [0.15, 0.2) is 0 Å². The van der Waals surface area contributed by atoms with E-state index in [1.165, 1.54) is 0 Å². The lowest BCUT2D eigenvalue weighted by Crippen LogP contribution is -2.49. The average molecular weight is 222 g/mol. The molecule has 0 aliphatic heterocycles. The third-order valence-electron chi connectivity index (χ3n) is 2.46. The van der Waals surface area contributed by atoms with Crippen molar-refractivity contribution in [1.29, 1.82) is 0 Å². The fourth-order valence-corrected chi connectivity index (χ4v) is 1.45. The first kappa shape index (κ1) is 12.2. The molecule has 86 valence electrons. The van der Waals surface area contributed by atoms with Gasteiger partial charge in [-0.05, 0) is 12.0 Å². The molecule has 1 unspecified atom stereocenters. The first-order chi connectivity index (χ1) is 7.47. The molecule has 0 radical (unpaired) electrons. The molecule has 0 saturated carbocycles. The summed E-state index contributed by atoms with van der Waals surface area (Å²) in [5.74, 6) is -1.73. The van der Waals surface area contributed by atoms with Gasteiger partial charge < -0.3 is 16.6 Å². The van der Waals surface area contributed by atoms with Gasteiger partial charge in [-0.2, -0.15) is 0 Å². The molecular formula is C11H14N2O3. The van der Waals surface area contributed by atoms with Crippen LogP contribution in [0.3, 0.4) is 0 Å². The van der Waals surface area contributed by atoms with E-state index in [2.05, 4.69) is 0 Å². The highest BCUT2D eigenvalue weighted by Gasteiger charge is 2.34. The number of benzene rings is 1. The molecule has 0 fully saturated rings. The molecule has 1 amide bonds. The summed E-state index contributed by atoms with van der Waals surface area (Å²) in [6.07, 6.45) is -0.212. The Bertz CT molecular complexity index is 391. The smallest absolute Gasteiger partial charge is 0.303 e. The minimum absolute atomic E-state index is 0.0122. The van der Waals surface area contributed by atoms with Crippen molar-refractivity contribution in [1.82, 2.24) is 0 Å². The van der Waals surface area contributed by atoms with Gasteiger partial charge in [-0.1, -0.05) is 30.3 Å². The second-order valence-electron chi connectivity index (χ2n) is 3.60. The van der Waals surface area contributed by atoms with E-state index in [9.17, 15) is 9.59 Å². The maximum absolute atomic E-state index is 11.3. The van der Waals surface area contributed by atoms with E-state index in [0.717, 1.165) is 0 Å². The predicted molar refractivity (Wildman–Crippen MR) is 58.4 cm³/mol. The molecule has 0 heterocycles. The van der Waals surface area contributed by atoms with Crippen LogP contribution in [0.4, 0.5) is 0 Å². The molecule has 16 heavy (non-hydrogen) atoms. The molecule has 5 nitrogen and oxygen atoms in total. The Morgan fingerprint density at radius 2 is 1.81 bits per heavy atom. The summed E-state index contributed by atoms with van der Waals surface area (Å²) in [4.78, 5) is 21.8. The number of hydrogen-bond acceptors (Lipinski definition) is 3. The minimum atomic E-state index is -1.42. The molecular weight excluding hydrogens is 208 g/mol. The fourth-order valence-electron chi connectivity index (χ4n) is 1.45. The summed E-state index contributed by atoms with van der Waals surface area (Å²) in [5.41, 5.74) is 10.2. The number of aliphatic carboxylic acids is 1. The highest BCUT2D eigenvalue weighted by Crippen LogP contribution is 2.23. The van der Waals surface area contributed by atoms with Crippen molar-refractivity contribution in [2.45, 2.75) is 18.4 Å². The van der Waals surface area contributed by atoms with Crippen LogP contribution < -0.4 is 11.5 Å². The third-order valence-corrected chi connectivity index (χ3v) is 2.46. The normalized spacial score (nSPS) is 14.1. The van der Waals surface area contributed by atoms with E-state index in [4.69, 9.17) is 16.6 Å². The Morgan fingerprint density at radius 3 is 2.25 bits per heavy atom. The monoisotopic (exact) mass is 222 g/mol. The van der Waals surface area contributed by atoms with Crippen molar-refractivity contribution in [3.63, 3.8) is 0 Å². The minimum Gasteiger partial charge on any atom is -0.481 e. The number of carboxylic acids is 1. The van der Waals surface area contributed by atoms with Gasteiger partial charge >= 0.3 is 5.97 Å². The Hall–Kier alpha value is -1.88. The lowest BCUT2D eigenvalue weighted by Gasteiger charge is -2.25. The Balaban J connectivity index is 2.98. The highest BCUT2D eigenvalue weighted by atomic mass is 16.4. The van der Waals surface area contributed by atoms with E-state index in [0.29, 0.717) is 5.56 Å². The van der Waals surface area contributed by atoms with Crippen molar-refractivity contribution in [3.05, 3.63) is 35.9 Å².